The summed E-state index contributed by atoms with van der Waals surface area (Å²) in [6.07, 6.45) is 2.30. The summed E-state index contributed by atoms with van der Waals surface area (Å²) >= 11 is 0. The summed E-state index contributed by atoms with van der Waals surface area (Å²) in [5, 5.41) is 3.37. The second kappa shape index (κ2) is 5.40. The van der Waals surface area contributed by atoms with E-state index in [9.17, 15) is 4.79 Å². The van der Waals surface area contributed by atoms with Crippen molar-refractivity contribution in [3.63, 3.8) is 0 Å². The lowest BCUT2D eigenvalue weighted by molar-refractivity contribution is 0.0328. The van der Waals surface area contributed by atoms with E-state index < -0.39 is 0 Å². The van der Waals surface area contributed by atoms with Crippen molar-refractivity contribution in [2.75, 3.05) is 19.5 Å². The van der Waals surface area contributed by atoms with Gasteiger partial charge in [-0.2, -0.15) is 0 Å². The first-order valence-corrected chi connectivity index (χ1v) is 6.12. The van der Waals surface area contributed by atoms with Gasteiger partial charge < -0.3 is 14.8 Å². The van der Waals surface area contributed by atoms with E-state index in [1.807, 2.05) is 25.1 Å². The number of anilines is 1. The molecule has 18 heavy (non-hydrogen) atoms. The van der Waals surface area contributed by atoms with E-state index >= 15 is 0 Å². The summed E-state index contributed by atoms with van der Waals surface area (Å²) in [4.78, 5) is 11.7. The molecule has 0 aromatic heterocycles. The number of hydrogen-bond acceptors (Lipinski definition) is 4. The molecule has 0 atom stereocenters. The molecular formula is C14H19NO3. The summed E-state index contributed by atoms with van der Waals surface area (Å²) < 4.78 is 10.0. The minimum atomic E-state index is -0.302. The van der Waals surface area contributed by atoms with Crippen LogP contribution in [0.2, 0.25) is 0 Å². The molecule has 2 rings (SSSR count). The van der Waals surface area contributed by atoms with Gasteiger partial charge in [0.2, 0.25) is 0 Å². The molecule has 98 valence electrons. The van der Waals surface area contributed by atoms with Gasteiger partial charge in [-0.25, -0.2) is 4.79 Å². The normalized spacial score (nSPS) is 22.2. The highest BCUT2D eigenvalue weighted by molar-refractivity contribution is 5.95. The number of nitrogens with one attached hydrogen (secondary N) is 1. The topological polar surface area (TPSA) is 47.6 Å². The molecule has 0 saturated heterocycles. The lowest BCUT2D eigenvalue weighted by Crippen LogP contribution is -2.40. The first kappa shape index (κ1) is 12.9. The summed E-state index contributed by atoms with van der Waals surface area (Å²) in [5.41, 5.74) is 2.48. The molecule has 0 amide bonds. The molecule has 1 aromatic carbocycles. The van der Waals surface area contributed by atoms with E-state index in [2.05, 4.69) is 5.32 Å². The molecule has 0 bridgehead atoms. The van der Waals surface area contributed by atoms with Gasteiger partial charge in [-0.1, -0.05) is 11.6 Å². The Balaban J connectivity index is 2.10. The maximum Gasteiger partial charge on any atom is 0.339 e. The van der Waals surface area contributed by atoms with Crippen LogP contribution in [0.1, 0.15) is 28.8 Å². The fraction of sp³-hybridized carbons (Fsp3) is 0.500. The number of benzene rings is 1. The minimum Gasteiger partial charge on any atom is -0.465 e. The number of esters is 1. The highest BCUT2D eigenvalue weighted by Crippen LogP contribution is 2.28. The Labute approximate surface area is 107 Å². The second-order valence-corrected chi connectivity index (χ2v) is 4.71. The Morgan fingerprint density at radius 1 is 1.33 bits per heavy atom. The predicted octanol–water partition coefficient (Wildman–Crippen LogP) is 2.37. The number of rotatable bonds is 4. The SMILES string of the molecule is COC(=O)c1cc(C)ccc1NC1CC(OC)C1. The lowest BCUT2D eigenvalue weighted by Gasteiger charge is -2.35. The Morgan fingerprint density at radius 3 is 2.67 bits per heavy atom. The molecule has 4 nitrogen and oxygen atoms in total. The third-order valence-electron chi connectivity index (χ3n) is 3.37. The molecule has 1 aliphatic carbocycles. The largest absolute Gasteiger partial charge is 0.465 e. The van der Waals surface area contributed by atoms with Crippen LogP contribution in [0.3, 0.4) is 0 Å². The van der Waals surface area contributed by atoms with Crippen LogP contribution in [-0.4, -0.2) is 32.3 Å². The molecule has 0 unspecified atom stereocenters. The van der Waals surface area contributed by atoms with Gasteiger partial charge in [-0.3, -0.25) is 0 Å². The van der Waals surface area contributed by atoms with Crippen LogP contribution >= 0.6 is 0 Å². The quantitative estimate of drug-likeness (QED) is 0.832. The average Bonchev–Trinajstić information content (AvgIpc) is 2.33. The van der Waals surface area contributed by atoms with Crippen LogP contribution in [0.25, 0.3) is 0 Å². The van der Waals surface area contributed by atoms with Crippen LogP contribution in [0.5, 0.6) is 0 Å². The monoisotopic (exact) mass is 249 g/mol. The van der Waals surface area contributed by atoms with Gasteiger partial charge in [0.1, 0.15) is 0 Å². The first-order chi connectivity index (χ1) is 8.63. The smallest absolute Gasteiger partial charge is 0.339 e. The summed E-state index contributed by atoms with van der Waals surface area (Å²) in [7, 11) is 3.13. The van der Waals surface area contributed by atoms with Crippen LogP contribution in [-0.2, 0) is 9.47 Å². The van der Waals surface area contributed by atoms with Crippen molar-refractivity contribution in [3.05, 3.63) is 29.3 Å². The average molecular weight is 249 g/mol. The molecule has 1 saturated carbocycles. The maximum absolute atomic E-state index is 11.7. The zero-order chi connectivity index (χ0) is 13.1. The van der Waals surface area contributed by atoms with E-state index in [1.54, 1.807) is 7.11 Å². The van der Waals surface area contributed by atoms with Crippen LogP contribution < -0.4 is 5.32 Å². The van der Waals surface area contributed by atoms with Crippen molar-refractivity contribution >= 4 is 11.7 Å². The molecule has 1 N–H and O–H groups in total. The Kier molecular flexibility index (Phi) is 3.87. The summed E-state index contributed by atoms with van der Waals surface area (Å²) in [6, 6.07) is 6.14. The van der Waals surface area contributed by atoms with E-state index in [4.69, 9.17) is 9.47 Å². The fourth-order valence-corrected chi connectivity index (χ4v) is 2.16. The van der Waals surface area contributed by atoms with E-state index in [0.717, 1.165) is 24.1 Å². The van der Waals surface area contributed by atoms with E-state index in [-0.39, 0.29) is 5.97 Å². The number of aryl methyl sites for hydroxylation is 1. The summed E-state index contributed by atoms with van der Waals surface area (Å²) in [6.45, 7) is 1.96. The Morgan fingerprint density at radius 2 is 2.06 bits per heavy atom. The predicted molar refractivity (Wildman–Crippen MR) is 70.0 cm³/mol. The Bertz CT molecular complexity index is 439. The third-order valence-corrected chi connectivity index (χ3v) is 3.37. The van der Waals surface area contributed by atoms with Crippen molar-refractivity contribution in [1.29, 1.82) is 0 Å². The zero-order valence-electron chi connectivity index (χ0n) is 11.0. The van der Waals surface area contributed by atoms with Crippen molar-refractivity contribution in [3.8, 4) is 0 Å². The van der Waals surface area contributed by atoms with Gasteiger partial charge in [0, 0.05) is 18.8 Å². The molecular weight excluding hydrogens is 230 g/mol. The number of carbonyl (C=O) groups is 1. The molecule has 1 fully saturated rings. The van der Waals surface area contributed by atoms with Crippen molar-refractivity contribution in [2.45, 2.75) is 31.9 Å². The van der Waals surface area contributed by atoms with Crippen LogP contribution in [0.4, 0.5) is 5.69 Å². The van der Waals surface area contributed by atoms with Gasteiger partial charge >= 0.3 is 5.97 Å². The van der Waals surface area contributed by atoms with E-state index in [1.165, 1.54) is 7.11 Å². The second-order valence-electron chi connectivity index (χ2n) is 4.71. The van der Waals surface area contributed by atoms with Crippen molar-refractivity contribution in [1.82, 2.24) is 0 Å². The molecule has 1 aliphatic rings. The fourth-order valence-electron chi connectivity index (χ4n) is 2.16. The van der Waals surface area contributed by atoms with Gasteiger partial charge in [0.25, 0.3) is 0 Å². The molecule has 0 radical (unpaired) electrons. The van der Waals surface area contributed by atoms with Gasteiger partial charge in [0.15, 0.2) is 0 Å². The third kappa shape index (κ3) is 2.64. The maximum atomic E-state index is 11.7. The van der Waals surface area contributed by atoms with Crippen molar-refractivity contribution in [2.24, 2.45) is 0 Å². The number of carbonyl (C=O) groups excluding carboxylic acids is 1. The lowest BCUT2D eigenvalue weighted by atomic mass is 9.89. The van der Waals surface area contributed by atoms with Gasteiger partial charge in [0.05, 0.1) is 18.8 Å². The molecule has 0 heterocycles. The standard InChI is InChI=1S/C14H19NO3/c1-9-4-5-13(12(6-9)14(16)18-3)15-10-7-11(8-10)17-2/h4-6,10-11,15H,7-8H2,1-3H3. The molecule has 1 aromatic rings. The number of ether oxygens (including phenoxy) is 2. The number of hydrogen-bond donors (Lipinski definition) is 1. The minimum absolute atomic E-state index is 0.302. The van der Waals surface area contributed by atoms with Gasteiger partial charge in [-0.05, 0) is 31.9 Å². The van der Waals surface area contributed by atoms with Crippen LogP contribution in [0.15, 0.2) is 18.2 Å². The zero-order valence-corrected chi connectivity index (χ0v) is 11.0. The highest BCUT2D eigenvalue weighted by Gasteiger charge is 2.29. The number of methoxy groups -OCH3 is 2. The summed E-state index contributed by atoms with van der Waals surface area (Å²) in [5.74, 6) is -0.302. The first-order valence-electron chi connectivity index (χ1n) is 6.12. The molecule has 0 aliphatic heterocycles. The highest BCUT2D eigenvalue weighted by atomic mass is 16.5. The Hall–Kier alpha value is -1.55. The van der Waals surface area contributed by atoms with Gasteiger partial charge in [-0.15, -0.1) is 0 Å². The van der Waals surface area contributed by atoms with E-state index in [0.29, 0.717) is 17.7 Å². The van der Waals surface area contributed by atoms with Crippen molar-refractivity contribution < 1.29 is 14.3 Å². The molecule has 0 spiro atoms. The van der Waals surface area contributed by atoms with Crippen LogP contribution in [0, 0.1) is 6.92 Å². The molecule has 4 heteroatoms.